The number of nitrogens with one attached hydrogen (secondary N) is 2. The normalized spacial score (nSPS) is 25.7. The predicted octanol–water partition coefficient (Wildman–Crippen LogP) is 2.27. The fourth-order valence-electron chi connectivity index (χ4n) is 3.52. The number of rotatable bonds is 6. The van der Waals surface area contributed by atoms with Crippen LogP contribution in [-0.4, -0.2) is 37.7 Å². The second kappa shape index (κ2) is 7.04. The Balaban J connectivity index is 1.65. The SMILES string of the molecule is C=CCOc1ccc(C(=O)NC2CC3CCC(C2)N3)cc1OC. The highest BCUT2D eigenvalue weighted by atomic mass is 16.5. The Labute approximate surface area is 137 Å². The maximum absolute atomic E-state index is 12.5. The number of benzene rings is 1. The quantitative estimate of drug-likeness (QED) is 0.791. The molecule has 2 unspecified atom stereocenters. The number of methoxy groups -OCH3 is 1. The van der Waals surface area contributed by atoms with Crippen molar-refractivity contribution >= 4 is 5.91 Å². The van der Waals surface area contributed by atoms with Gasteiger partial charge in [0.05, 0.1) is 7.11 Å². The van der Waals surface area contributed by atoms with Crippen LogP contribution in [0.2, 0.25) is 0 Å². The largest absolute Gasteiger partial charge is 0.493 e. The van der Waals surface area contributed by atoms with Crippen molar-refractivity contribution in [2.45, 2.75) is 43.8 Å². The van der Waals surface area contributed by atoms with Gasteiger partial charge in [-0.1, -0.05) is 12.7 Å². The van der Waals surface area contributed by atoms with Gasteiger partial charge < -0.3 is 20.1 Å². The molecular formula is C18H24N2O3. The lowest BCUT2D eigenvalue weighted by molar-refractivity contribution is 0.0923. The second-order valence-corrected chi connectivity index (χ2v) is 6.24. The molecule has 5 heteroatoms. The summed E-state index contributed by atoms with van der Waals surface area (Å²) in [7, 11) is 1.57. The monoisotopic (exact) mass is 316 g/mol. The number of amides is 1. The lowest BCUT2D eigenvalue weighted by Gasteiger charge is -2.29. The summed E-state index contributed by atoms with van der Waals surface area (Å²) in [4.78, 5) is 12.5. The van der Waals surface area contributed by atoms with Gasteiger partial charge in [-0.2, -0.15) is 0 Å². The van der Waals surface area contributed by atoms with Gasteiger partial charge in [0, 0.05) is 23.7 Å². The number of fused-ring (bicyclic) bond motifs is 2. The first kappa shape index (κ1) is 15.9. The average molecular weight is 316 g/mol. The van der Waals surface area contributed by atoms with Gasteiger partial charge in [-0.05, 0) is 43.9 Å². The maximum atomic E-state index is 12.5. The maximum Gasteiger partial charge on any atom is 0.251 e. The van der Waals surface area contributed by atoms with Gasteiger partial charge in [0.25, 0.3) is 5.91 Å². The minimum atomic E-state index is -0.0510. The smallest absolute Gasteiger partial charge is 0.251 e. The molecular weight excluding hydrogens is 292 g/mol. The van der Waals surface area contributed by atoms with Crippen molar-refractivity contribution < 1.29 is 14.3 Å². The van der Waals surface area contributed by atoms with Gasteiger partial charge in [-0.15, -0.1) is 0 Å². The number of carbonyl (C=O) groups excluding carboxylic acids is 1. The molecule has 2 fully saturated rings. The van der Waals surface area contributed by atoms with Crippen LogP contribution in [0.25, 0.3) is 0 Å². The molecule has 2 saturated heterocycles. The third kappa shape index (κ3) is 3.67. The van der Waals surface area contributed by atoms with Gasteiger partial charge in [-0.25, -0.2) is 0 Å². The standard InChI is InChI=1S/C18H24N2O3/c1-3-8-23-16-7-4-12(9-17(16)22-2)18(21)20-15-10-13-5-6-14(11-15)19-13/h3-4,7,9,13-15,19H,1,5-6,8,10-11H2,2H3,(H,20,21). The highest BCUT2D eigenvalue weighted by Gasteiger charge is 2.34. The van der Waals surface area contributed by atoms with Crippen LogP contribution in [0.15, 0.2) is 30.9 Å². The van der Waals surface area contributed by atoms with Crippen molar-refractivity contribution in [3.05, 3.63) is 36.4 Å². The number of piperidine rings is 1. The number of hydrogen-bond donors (Lipinski definition) is 2. The predicted molar refractivity (Wildman–Crippen MR) is 89.1 cm³/mol. The van der Waals surface area contributed by atoms with E-state index in [4.69, 9.17) is 9.47 Å². The molecule has 2 bridgehead atoms. The van der Waals surface area contributed by atoms with Gasteiger partial charge in [0.15, 0.2) is 11.5 Å². The number of carbonyl (C=O) groups is 1. The van der Waals surface area contributed by atoms with Crippen molar-refractivity contribution in [3.63, 3.8) is 0 Å². The molecule has 2 N–H and O–H groups in total. The van der Waals surface area contributed by atoms with E-state index < -0.39 is 0 Å². The summed E-state index contributed by atoms with van der Waals surface area (Å²) in [6.45, 7) is 4.03. The summed E-state index contributed by atoms with van der Waals surface area (Å²) < 4.78 is 10.8. The first-order valence-corrected chi connectivity index (χ1v) is 8.18. The topological polar surface area (TPSA) is 59.6 Å². The van der Waals surface area contributed by atoms with E-state index in [0.717, 1.165) is 12.8 Å². The molecule has 124 valence electrons. The molecule has 0 radical (unpaired) electrons. The third-order valence-electron chi connectivity index (χ3n) is 4.59. The zero-order valence-corrected chi connectivity index (χ0v) is 13.5. The molecule has 3 rings (SSSR count). The van der Waals surface area contributed by atoms with E-state index in [9.17, 15) is 4.79 Å². The number of hydrogen-bond acceptors (Lipinski definition) is 4. The number of ether oxygens (including phenoxy) is 2. The van der Waals surface area contributed by atoms with Crippen LogP contribution >= 0.6 is 0 Å². The summed E-state index contributed by atoms with van der Waals surface area (Å²) in [6, 6.07) is 6.63. The van der Waals surface area contributed by atoms with Crippen LogP contribution in [0, 0.1) is 0 Å². The molecule has 2 heterocycles. The highest BCUT2D eigenvalue weighted by molar-refractivity contribution is 5.95. The molecule has 2 aliphatic heterocycles. The molecule has 2 aliphatic rings. The van der Waals surface area contributed by atoms with E-state index in [1.807, 2.05) is 0 Å². The van der Waals surface area contributed by atoms with Crippen LogP contribution in [0.3, 0.4) is 0 Å². The molecule has 0 aliphatic carbocycles. The first-order chi connectivity index (χ1) is 11.2. The third-order valence-corrected chi connectivity index (χ3v) is 4.59. The van der Waals surface area contributed by atoms with Crippen LogP contribution in [0.4, 0.5) is 0 Å². The molecule has 0 spiro atoms. The minimum absolute atomic E-state index is 0.0510. The molecule has 0 aromatic heterocycles. The Kier molecular flexibility index (Phi) is 4.86. The van der Waals surface area contributed by atoms with Gasteiger partial charge in [0.2, 0.25) is 0 Å². The van der Waals surface area contributed by atoms with E-state index in [1.165, 1.54) is 12.8 Å². The molecule has 1 amide bonds. The fourth-order valence-corrected chi connectivity index (χ4v) is 3.52. The summed E-state index contributed by atoms with van der Waals surface area (Å²) in [6.07, 6.45) is 6.14. The minimum Gasteiger partial charge on any atom is -0.493 e. The van der Waals surface area contributed by atoms with Crippen molar-refractivity contribution in [2.24, 2.45) is 0 Å². The molecule has 5 nitrogen and oxygen atoms in total. The summed E-state index contributed by atoms with van der Waals surface area (Å²) in [5, 5.41) is 6.74. The molecule has 0 saturated carbocycles. The van der Waals surface area contributed by atoms with E-state index in [2.05, 4.69) is 17.2 Å². The molecule has 2 atom stereocenters. The van der Waals surface area contributed by atoms with Crippen LogP contribution < -0.4 is 20.1 Å². The zero-order chi connectivity index (χ0) is 16.2. The van der Waals surface area contributed by atoms with Gasteiger partial charge >= 0.3 is 0 Å². The highest BCUT2D eigenvalue weighted by Crippen LogP contribution is 2.29. The zero-order valence-electron chi connectivity index (χ0n) is 13.5. The average Bonchev–Trinajstić information content (AvgIpc) is 2.91. The first-order valence-electron chi connectivity index (χ1n) is 8.18. The van der Waals surface area contributed by atoms with E-state index >= 15 is 0 Å². The van der Waals surface area contributed by atoms with Crippen LogP contribution in [0.1, 0.15) is 36.0 Å². The Morgan fingerprint density at radius 3 is 2.74 bits per heavy atom. The van der Waals surface area contributed by atoms with Crippen molar-refractivity contribution in [1.29, 1.82) is 0 Å². The van der Waals surface area contributed by atoms with Gasteiger partial charge in [0.1, 0.15) is 6.61 Å². The lowest BCUT2D eigenvalue weighted by atomic mass is 9.99. The molecule has 1 aromatic rings. The summed E-state index contributed by atoms with van der Waals surface area (Å²) >= 11 is 0. The summed E-state index contributed by atoms with van der Waals surface area (Å²) in [5.74, 6) is 1.12. The molecule has 23 heavy (non-hydrogen) atoms. The van der Waals surface area contributed by atoms with Crippen molar-refractivity contribution in [3.8, 4) is 11.5 Å². The van der Waals surface area contributed by atoms with Crippen molar-refractivity contribution in [2.75, 3.05) is 13.7 Å². The van der Waals surface area contributed by atoms with E-state index in [1.54, 1.807) is 31.4 Å². The van der Waals surface area contributed by atoms with Gasteiger partial charge in [-0.3, -0.25) is 4.79 Å². The lowest BCUT2D eigenvalue weighted by Crippen LogP contribution is -2.48. The second-order valence-electron chi connectivity index (χ2n) is 6.24. The van der Waals surface area contributed by atoms with E-state index in [-0.39, 0.29) is 11.9 Å². The van der Waals surface area contributed by atoms with Crippen LogP contribution in [0.5, 0.6) is 11.5 Å². The Bertz CT molecular complexity index is 576. The van der Waals surface area contributed by atoms with Crippen LogP contribution in [-0.2, 0) is 0 Å². The summed E-state index contributed by atoms with van der Waals surface area (Å²) in [5.41, 5.74) is 0.596. The molecule has 1 aromatic carbocycles. The Hall–Kier alpha value is -2.01. The Morgan fingerprint density at radius 1 is 1.35 bits per heavy atom. The van der Waals surface area contributed by atoms with Crippen molar-refractivity contribution in [1.82, 2.24) is 10.6 Å². The Morgan fingerprint density at radius 2 is 2.09 bits per heavy atom. The van der Waals surface area contributed by atoms with E-state index in [0.29, 0.717) is 35.8 Å². The fraction of sp³-hybridized carbons (Fsp3) is 0.500.